The SMILES string of the molecule is CC1CN(C(N)=NC2C3CCOC3C23CCCC3)CCO1. The molecular weight excluding hydrogens is 266 g/mol. The fraction of sp³-hybridized carbons (Fsp3) is 0.938. The number of fused-ring (bicyclic) bond motifs is 2. The second kappa shape index (κ2) is 5.13. The van der Waals surface area contributed by atoms with Gasteiger partial charge in [-0.15, -0.1) is 0 Å². The van der Waals surface area contributed by atoms with Gasteiger partial charge in [-0.25, -0.2) is 4.99 Å². The number of nitrogens with zero attached hydrogens (tertiary/aromatic N) is 2. The topological polar surface area (TPSA) is 60.1 Å². The molecule has 2 saturated carbocycles. The first kappa shape index (κ1) is 13.8. The van der Waals surface area contributed by atoms with Crippen LogP contribution in [0.15, 0.2) is 4.99 Å². The van der Waals surface area contributed by atoms with Crippen LogP contribution in [0.1, 0.15) is 39.0 Å². The summed E-state index contributed by atoms with van der Waals surface area (Å²) in [5.74, 6) is 1.34. The summed E-state index contributed by atoms with van der Waals surface area (Å²) in [5.41, 5.74) is 6.64. The van der Waals surface area contributed by atoms with E-state index in [4.69, 9.17) is 20.2 Å². The Morgan fingerprint density at radius 2 is 2.05 bits per heavy atom. The highest BCUT2D eigenvalue weighted by Gasteiger charge is 2.65. The van der Waals surface area contributed by atoms with E-state index in [2.05, 4.69) is 11.8 Å². The van der Waals surface area contributed by atoms with E-state index in [0.717, 1.165) is 38.7 Å². The summed E-state index contributed by atoms with van der Waals surface area (Å²) in [6.07, 6.45) is 7.07. The normalized spacial score (nSPS) is 42.1. The first-order valence-electron chi connectivity index (χ1n) is 8.52. The first-order valence-corrected chi connectivity index (χ1v) is 8.52. The van der Waals surface area contributed by atoms with E-state index in [1.54, 1.807) is 0 Å². The summed E-state index contributed by atoms with van der Waals surface area (Å²) in [6, 6.07) is 0.394. The third-order valence-corrected chi connectivity index (χ3v) is 6.07. The summed E-state index contributed by atoms with van der Waals surface area (Å²) in [4.78, 5) is 7.20. The fourth-order valence-corrected chi connectivity index (χ4v) is 5.09. The number of ether oxygens (including phenoxy) is 2. The second-order valence-corrected chi connectivity index (χ2v) is 7.24. The lowest BCUT2D eigenvalue weighted by atomic mass is 9.54. The minimum Gasteiger partial charge on any atom is -0.377 e. The van der Waals surface area contributed by atoms with Gasteiger partial charge in [0.1, 0.15) is 0 Å². The maximum absolute atomic E-state index is 6.33. The van der Waals surface area contributed by atoms with E-state index in [-0.39, 0.29) is 6.10 Å². The molecule has 4 atom stereocenters. The quantitative estimate of drug-likeness (QED) is 0.586. The molecule has 5 heteroatoms. The zero-order chi connectivity index (χ0) is 14.4. The molecule has 0 amide bonds. The Hall–Kier alpha value is -0.810. The Balaban J connectivity index is 1.53. The van der Waals surface area contributed by atoms with Gasteiger partial charge in [-0.1, -0.05) is 12.8 Å². The van der Waals surface area contributed by atoms with Crippen LogP contribution in [-0.4, -0.2) is 55.4 Å². The van der Waals surface area contributed by atoms with Gasteiger partial charge in [-0.05, 0) is 26.2 Å². The number of hydrogen-bond acceptors (Lipinski definition) is 3. The number of hydrogen-bond donors (Lipinski definition) is 1. The Labute approximate surface area is 126 Å². The predicted molar refractivity (Wildman–Crippen MR) is 81.1 cm³/mol. The zero-order valence-electron chi connectivity index (χ0n) is 13.0. The highest BCUT2D eigenvalue weighted by atomic mass is 16.5. The van der Waals surface area contributed by atoms with Gasteiger partial charge in [0.05, 0.1) is 24.9 Å². The van der Waals surface area contributed by atoms with E-state index in [9.17, 15) is 0 Å². The molecule has 4 aliphatic rings. The number of guanidine groups is 1. The van der Waals surface area contributed by atoms with Crippen LogP contribution in [0.3, 0.4) is 0 Å². The maximum atomic E-state index is 6.33. The van der Waals surface area contributed by atoms with Gasteiger partial charge in [0.25, 0.3) is 0 Å². The molecular formula is C16H27N3O2. The molecule has 4 fully saturated rings. The van der Waals surface area contributed by atoms with E-state index >= 15 is 0 Å². The Morgan fingerprint density at radius 3 is 2.81 bits per heavy atom. The maximum Gasteiger partial charge on any atom is 0.191 e. The van der Waals surface area contributed by atoms with Gasteiger partial charge < -0.3 is 20.1 Å². The van der Waals surface area contributed by atoms with Crippen molar-refractivity contribution in [3.05, 3.63) is 0 Å². The van der Waals surface area contributed by atoms with Crippen molar-refractivity contribution in [3.8, 4) is 0 Å². The predicted octanol–water partition coefficient (Wildman–Crippen LogP) is 1.37. The minimum atomic E-state index is 0.247. The zero-order valence-corrected chi connectivity index (χ0v) is 13.0. The van der Waals surface area contributed by atoms with E-state index < -0.39 is 0 Å². The van der Waals surface area contributed by atoms with Crippen LogP contribution in [0.2, 0.25) is 0 Å². The molecule has 2 N–H and O–H groups in total. The third-order valence-electron chi connectivity index (χ3n) is 6.07. The molecule has 2 aliphatic carbocycles. The molecule has 21 heavy (non-hydrogen) atoms. The second-order valence-electron chi connectivity index (χ2n) is 7.24. The average Bonchev–Trinajstić information content (AvgIpc) is 3.12. The molecule has 0 aromatic heterocycles. The Bertz CT molecular complexity index is 433. The van der Waals surface area contributed by atoms with Crippen molar-refractivity contribution < 1.29 is 9.47 Å². The van der Waals surface area contributed by atoms with Crippen molar-refractivity contribution in [2.75, 3.05) is 26.3 Å². The molecule has 2 saturated heterocycles. The lowest BCUT2D eigenvalue weighted by molar-refractivity contribution is -0.117. The highest BCUT2D eigenvalue weighted by molar-refractivity contribution is 5.78. The number of rotatable bonds is 1. The summed E-state index contributed by atoms with van der Waals surface area (Å²) in [6.45, 7) is 5.49. The van der Waals surface area contributed by atoms with Crippen molar-refractivity contribution in [3.63, 3.8) is 0 Å². The molecule has 5 nitrogen and oxygen atoms in total. The van der Waals surface area contributed by atoms with Crippen molar-refractivity contribution in [2.24, 2.45) is 22.1 Å². The van der Waals surface area contributed by atoms with E-state index in [1.807, 2.05) is 0 Å². The molecule has 1 spiro atoms. The molecule has 0 radical (unpaired) electrons. The number of aliphatic imine (C=N–C) groups is 1. The lowest BCUT2D eigenvalue weighted by Crippen LogP contribution is -2.62. The molecule has 0 aromatic carbocycles. The van der Waals surface area contributed by atoms with Crippen LogP contribution in [0, 0.1) is 11.3 Å². The molecule has 0 aromatic rings. The van der Waals surface area contributed by atoms with Crippen LogP contribution < -0.4 is 5.73 Å². The summed E-state index contributed by atoms with van der Waals surface area (Å²) in [7, 11) is 0. The molecule has 4 rings (SSSR count). The van der Waals surface area contributed by atoms with Crippen molar-refractivity contribution in [2.45, 2.75) is 57.3 Å². The van der Waals surface area contributed by atoms with Crippen LogP contribution in [-0.2, 0) is 9.47 Å². The number of nitrogens with two attached hydrogens (primary N) is 1. The average molecular weight is 293 g/mol. The largest absolute Gasteiger partial charge is 0.377 e. The summed E-state index contributed by atoms with van der Waals surface area (Å²) in [5, 5.41) is 0. The standard InChI is InChI=1S/C16H27N3O2/c1-11-10-19(7-9-20-11)15(17)18-13-12-4-8-21-14(12)16(13)5-2-3-6-16/h11-14H,2-10H2,1H3,(H2,17,18). The molecule has 118 valence electrons. The third kappa shape index (κ3) is 2.08. The Kier molecular flexibility index (Phi) is 3.38. The van der Waals surface area contributed by atoms with Crippen molar-refractivity contribution in [1.29, 1.82) is 0 Å². The van der Waals surface area contributed by atoms with Crippen LogP contribution in [0.5, 0.6) is 0 Å². The molecule has 2 heterocycles. The van der Waals surface area contributed by atoms with Gasteiger partial charge in [-0.3, -0.25) is 0 Å². The van der Waals surface area contributed by atoms with Crippen LogP contribution in [0.4, 0.5) is 0 Å². The van der Waals surface area contributed by atoms with Gasteiger partial charge in [-0.2, -0.15) is 0 Å². The van der Waals surface area contributed by atoms with E-state index in [0.29, 0.717) is 23.5 Å². The van der Waals surface area contributed by atoms with Gasteiger partial charge in [0, 0.05) is 31.0 Å². The van der Waals surface area contributed by atoms with Crippen LogP contribution in [0.25, 0.3) is 0 Å². The minimum absolute atomic E-state index is 0.247. The molecule has 2 aliphatic heterocycles. The first-order chi connectivity index (χ1) is 10.2. The lowest BCUT2D eigenvalue weighted by Gasteiger charge is -2.55. The summed E-state index contributed by atoms with van der Waals surface area (Å²) >= 11 is 0. The monoisotopic (exact) mass is 293 g/mol. The van der Waals surface area contributed by atoms with Gasteiger partial charge in [0.2, 0.25) is 0 Å². The fourth-order valence-electron chi connectivity index (χ4n) is 5.09. The van der Waals surface area contributed by atoms with Gasteiger partial charge >= 0.3 is 0 Å². The van der Waals surface area contributed by atoms with Gasteiger partial charge in [0.15, 0.2) is 5.96 Å². The summed E-state index contributed by atoms with van der Waals surface area (Å²) < 4.78 is 11.6. The number of morpholine rings is 1. The molecule has 4 unspecified atom stereocenters. The van der Waals surface area contributed by atoms with Crippen LogP contribution >= 0.6 is 0 Å². The Morgan fingerprint density at radius 1 is 1.24 bits per heavy atom. The smallest absolute Gasteiger partial charge is 0.191 e. The van der Waals surface area contributed by atoms with Crippen molar-refractivity contribution >= 4 is 5.96 Å². The highest BCUT2D eigenvalue weighted by Crippen LogP contribution is 2.62. The van der Waals surface area contributed by atoms with Crippen molar-refractivity contribution in [1.82, 2.24) is 4.90 Å². The molecule has 0 bridgehead atoms. The van der Waals surface area contributed by atoms with E-state index in [1.165, 1.54) is 25.7 Å².